The summed E-state index contributed by atoms with van der Waals surface area (Å²) in [5.74, 6) is 1.52. The van der Waals surface area contributed by atoms with Crippen LogP contribution in [-0.4, -0.2) is 30.8 Å². The van der Waals surface area contributed by atoms with Crippen molar-refractivity contribution in [2.24, 2.45) is 0 Å². The third-order valence-electron chi connectivity index (χ3n) is 4.84. The lowest BCUT2D eigenvalue weighted by atomic mass is 10.1. The Kier molecular flexibility index (Phi) is 7.55. The summed E-state index contributed by atoms with van der Waals surface area (Å²) >= 11 is 3.49. The number of nitrogens with zero attached hydrogens (tertiary/aromatic N) is 1. The molecule has 0 aliphatic rings. The molecule has 0 unspecified atom stereocenters. The number of aromatic hydroxyl groups is 1. The van der Waals surface area contributed by atoms with Gasteiger partial charge in [-0.25, -0.2) is 0 Å². The van der Waals surface area contributed by atoms with E-state index in [2.05, 4.69) is 57.2 Å². The van der Waals surface area contributed by atoms with Crippen LogP contribution >= 0.6 is 15.9 Å². The molecule has 5 heteroatoms. The van der Waals surface area contributed by atoms with Gasteiger partial charge in [0.1, 0.15) is 5.75 Å². The van der Waals surface area contributed by atoms with Crippen LogP contribution in [0.2, 0.25) is 0 Å². The van der Waals surface area contributed by atoms with Crippen molar-refractivity contribution in [1.29, 1.82) is 0 Å². The third-order valence-corrected chi connectivity index (χ3v) is 5.37. The van der Waals surface area contributed by atoms with Gasteiger partial charge in [0.15, 0.2) is 11.5 Å². The molecule has 3 aromatic rings. The lowest BCUT2D eigenvalue weighted by molar-refractivity contribution is 0.259. The van der Waals surface area contributed by atoms with Crippen LogP contribution in [0.4, 0.5) is 0 Å². The Morgan fingerprint density at radius 3 is 2.03 bits per heavy atom. The first-order valence-electron chi connectivity index (χ1n) is 9.53. The molecule has 0 aromatic heterocycles. The summed E-state index contributed by atoms with van der Waals surface area (Å²) in [6.07, 6.45) is 0.950. The molecule has 0 amide bonds. The molecule has 0 aliphatic heterocycles. The summed E-state index contributed by atoms with van der Waals surface area (Å²) in [6.45, 7) is 2.45. The molecule has 1 N–H and O–H groups in total. The van der Waals surface area contributed by atoms with E-state index < -0.39 is 0 Å². The van der Waals surface area contributed by atoms with Gasteiger partial charge in [-0.2, -0.15) is 0 Å². The molecular formula is C24H26BrNO3. The predicted octanol–water partition coefficient (Wildman–Crippen LogP) is 5.42. The molecular weight excluding hydrogens is 430 g/mol. The van der Waals surface area contributed by atoms with Crippen molar-refractivity contribution in [2.75, 3.05) is 20.8 Å². The van der Waals surface area contributed by atoms with Crippen LogP contribution in [0.1, 0.15) is 16.7 Å². The molecule has 0 bridgehead atoms. The van der Waals surface area contributed by atoms with Gasteiger partial charge in [-0.1, -0.05) is 46.3 Å². The quantitative estimate of drug-likeness (QED) is 0.467. The first kappa shape index (κ1) is 21.2. The van der Waals surface area contributed by atoms with E-state index in [9.17, 15) is 5.11 Å². The highest BCUT2D eigenvalue weighted by atomic mass is 79.9. The molecule has 152 valence electrons. The maximum absolute atomic E-state index is 10.1. The van der Waals surface area contributed by atoms with Gasteiger partial charge in [-0.05, 0) is 59.5 Å². The van der Waals surface area contributed by atoms with Crippen molar-refractivity contribution in [1.82, 2.24) is 4.90 Å². The minimum Gasteiger partial charge on any atom is -0.504 e. The summed E-state index contributed by atoms with van der Waals surface area (Å²) in [4.78, 5) is 2.38. The molecule has 0 heterocycles. The number of ether oxygens (including phenoxy) is 2. The molecule has 0 saturated carbocycles. The van der Waals surface area contributed by atoms with Crippen LogP contribution in [0, 0.1) is 0 Å². The monoisotopic (exact) mass is 455 g/mol. The van der Waals surface area contributed by atoms with E-state index in [1.165, 1.54) is 11.1 Å². The Balaban J connectivity index is 1.73. The second kappa shape index (κ2) is 10.3. The molecule has 0 fully saturated rings. The number of benzene rings is 3. The van der Waals surface area contributed by atoms with E-state index in [-0.39, 0.29) is 5.75 Å². The zero-order chi connectivity index (χ0) is 20.6. The van der Waals surface area contributed by atoms with E-state index in [4.69, 9.17) is 9.47 Å². The number of methoxy groups -OCH3 is 2. The smallest absolute Gasteiger partial charge is 0.160 e. The largest absolute Gasteiger partial charge is 0.504 e. The zero-order valence-corrected chi connectivity index (χ0v) is 18.4. The lowest BCUT2D eigenvalue weighted by Crippen LogP contribution is -2.25. The topological polar surface area (TPSA) is 41.9 Å². The highest BCUT2D eigenvalue weighted by Gasteiger charge is 2.10. The summed E-state index contributed by atoms with van der Waals surface area (Å²) in [7, 11) is 3.23. The van der Waals surface area contributed by atoms with Crippen LogP contribution in [0.15, 0.2) is 71.2 Å². The van der Waals surface area contributed by atoms with Crippen LogP contribution in [0.5, 0.6) is 17.2 Å². The molecule has 0 spiro atoms. The molecule has 29 heavy (non-hydrogen) atoms. The van der Waals surface area contributed by atoms with Crippen molar-refractivity contribution < 1.29 is 14.6 Å². The number of hydrogen-bond acceptors (Lipinski definition) is 4. The summed E-state index contributed by atoms with van der Waals surface area (Å²) < 4.78 is 11.5. The highest BCUT2D eigenvalue weighted by Crippen LogP contribution is 2.27. The molecule has 0 radical (unpaired) electrons. The summed E-state index contributed by atoms with van der Waals surface area (Å²) in [5, 5.41) is 10.1. The van der Waals surface area contributed by atoms with Gasteiger partial charge in [0, 0.05) is 24.1 Å². The first-order chi connectivity index (χ1) is 14.1. The lowest BCUT2D eigenvalue weighted by Gasteiger charge is -2.23. The van der Waals surface area contributed by atoms with Crippen molar-refractivity contribution in [3.63, 3.8) is 0 Å². The van der Waals surface area contributed by atoms with Gasteiger partial charge in [-0.3, -0.25) is 4.90 Å². The van der Waals surface area contributed by atoms with Crippen molar-refractivity contribution in [2.45, 2.75) is 19.5 Å². The van der Waals surface area contributed by atoms with E-state index >= 15 is 0 Å². The number of halogens is 1. The second-order valence-electron chi connectivity index (χ2n) is 6.94. The Bertz CT molecular complexity index is 910. The van der Waals surface area contributed by atoms with Gasteiger partial charge in [-0.15, -0.1) is 0 Å². The molecule has 3 rings (SSSR count). The van der Waals surface area contributed by atoms with Crippen molar-refractivity contribution in [3.05, 3.63) is 87.9 Å². The fourth-order valence-corrected chi connectivity index (χ4v) is 3.50. The minimum atomic E-state index is 0.169. The average Bonchev–Trinajstić information content (AvgIpc) is 2.74. The van der Waals surface area contributed by atoms with E-state index in [1.807, 2.05) is 24.3 Å². The van der Waals surface area contributed by atoms with E-state index in [0.29, 0.717) is 5.75 Å². The van der Waals surface area contributed by atoms with Crippen molar-refractivity contribution >= 4 is 15.9 Å². The molecule has 4 nitrogen and oxygen atoms in total. The number of phenolic OH excluding ortho intramolecular Hbond substituents is 1. The van der Waals surface area contributed by atoms with Gasteiger partial charge in [0.05, 0.1) is 14.2 Å². The maximum atomic E-state index is 10.1. The van der Waals surface area contributed by atoms with Crippen molar-refractivity contribution in [3.8, 4) is 17.2 Å². The van der Waals surface area contributed by atoms with Crippen LogP contribution in [0.3, 0.4) is 0 Å². The van der Waals surface area contributed by atoms with E-state index in [0.717, 1.165) is 41.8 Å². The molecule has 0 saturated heterocycles. The summed E-state index contributed by atoms with van der Waals surface area (Å²) in [6, 6.07) is 22.2. The van der Waals surface area contributed by atoms with Gasteiger partial charge in [0.2, 0.25) is 0 Å². The second-order valence-corrected chi connectivity index (χ2v) is 7.86. The normalized spacial score (nSPS) is 10.9. The number of hydrogen-bond donors (Lipinski definition) is 1. The van der Waals surface area contributed by atoms with Crippen LogP contribution in [0.25, 0.3) is 0 Å². The maximum Gasteiger partial charge on any atom is 0.160 e. The van der Waals surface area contributed by atoms with Crippen LogP contribution < -0.4 is 9.47 Å². The Morgan fingerprint density at radius 2 is 1.41 bits per heavy atom. The van der Waals surface area contributed by atoms with Gasteiger partial charge < -0.3 is 14.6 Å². The Morgan fingerprint density at radius 1 is 0.793 bits per heavy atom. The van der Waals surface area contributed by atoms with Gasteiger partial charge in [0.25, 0.3) is 0 Å². The average molecular weight is 456 g/mol. The summed E-state index contributed by atoms with van der Waals surface area (Å²) in [5.41, 5.74) is 3.57. The SMILES string of the molecule is COc1ccc(CN(CCc2ccc(Br)cc2)Cc2ccc(OC)c(O)c2)cc1. The fraction of sp³-hybridized carbons (Fsp3) is 0.250. The fourth-order valence-electron chi connectivity index (χ4n) is 3.23. The Labute approximate surface area is 180 Å². The van der Waals surface area contributed by atoms with Crippen LogP contribution in [-0.2, 0) is 19.5 Å². The molecule has 3 aromatic carbocycles. The molecule has 0 aliphatic carbocycles. The number of rotatable bonds is 9. The van der Waals surface area contributed by atoms with Gasteiger partial charge >= 0.3 is 0 Å². The zero-order valence-electron chi connectivity index (χ0n) is 16.8. The predicted molar refractivity (Wildman–Crippen MR) is 120 cm³/mol. The van der Waals surface area contributed by atoms with E-state index in [1.54, 1.807) is 20.3 Å². The standard InChI is InChI=1S/C24H26BrNO3/c1-28-22-10-5-19(6-11-22)16-26(14-13-18-3-8-21(25)9-4-18)17-20-7-12-24(29-2)23(27)15-20/h3-12,15,27H,13-14,16-17H2,1-2H3. The molecule has 0 atom stereocenters. The first-order valence-corrected chi connectivity index (χ1v) is 10.3. The highest BCUT2D eigenvalue weighted by molar-refractivity contribution is 9.10. The third kappa shape index (κ3) is 6.24. The number of phenols is 1. The minimum absolute atomic E-state index is 0.169. The Hall–Kier alpha value is -2.50.